The lowest BCUT2D eigenvalue weighted by molar-refractivity contribution is -0.126. The van der Waals surface area contributed by atoms with E-state index in [0.717, 1.165) is 38.8 Å². The minimum absolute atomic E-state index is 0.233. The molecule has 4 heteroatoms. The first-order valence-electron chi connectivity index (χ1n) is 6.18. The molecule has 1 unspecified atom stereocenters. The summed E-state index contributed by atoms with van der Waals surface area (Å²) in [7, 11) is 0. The molecule has 1 aliphatic carbocycles. The Balaban J connectivity index is 2.22. The number of hydrogen-bond acceptors (Lipinski definition) is 3. The smallest absolute Gasteiger partial charge is 0.223 e. The van der Waals surface area contributed by atoms with Crippen LogP contribution in [0.2, 0.25) is 0 Å². The van der Waals surface area contributed by atoms with E-state index in [0.29, 0.717) is 11.2 Å². The molecule has 94 valence electrons. The lowest BCUT2D eigenvalue weighted by Crippen LogP contribution is -2.37. The Kier molecular flexibility index (Phi) is 6.21. The van der Waals surface area contributed by atoms with Crippen molar-refractivity contribution >= 4 is 17.7 Å². The maximum absolute atomic E-state index is 11.9. The maximum atomic E-state index is 11.9. The van der Waals surface area contributed by atoms with Gasteiger partial charge in [0.05, 0.1) is 0 Å². The van der Waals surface area contributed by atoms with E-state index in [2.05, 4.69) is 18.5 Å². The summed E-state index contributed by atoms with van der Waals surface area (Å²) >= 11 is 1.79. The number of rotatable bonds is 5. The molecule has 1 amide bonds. The van der Waals surface area contributed by atoms with Crippen molar-refractivity contribution in [1.82, 2.24) is 5.32 Å². The Hall–Kier alpha value is -0.220. The fraction of sp³-hybridized carbons (Fsp3) is 0.917. The second-order valence-electron chi connectivity index (χ2n) is 4.74. The second-order valence-corrected chi connectivity index (χ2v) is 6.02. The van der Waals surface area contributed by atoms with E-state index in [1.807, 2.05) is 0 Å². The zero-order valence-corrected chi connectivity index (χ0v) is 11.2. The molecule has 1 fully saturated rings. The SMILES string of the molecule is CSC(C)CNC(=O)C1CCC(CN)CC1. The van der Waals surface area contributed by atoms with Gasteiger partial charge in [-0.25, -0.2) is 0 Å². The number of amides is 1. The Morgan fingerprint density at radius 3 is 2.56 bits per heavy atom. The lowest BCUT2D eigenvalue weighted by atomic mass is 9.81. The van der Waals surface area contributed by atoms with Crippen LogP contribution in [0.5, 0.6) is 0 Å². The van der Waals surface area contributed by atoms with E-state index in [1.54, 1.807) is 11.8 Å². The Labute approximate surface area is 103 Å². The van der Waals surface area contributed by atoms with Gasteiger partial charge in [-0.2, -0.15) is 11.8 Å². The minimum atomic E-state index is 0.233. The van der Waals surface area contributed by atoms with E-state index in [-0.39, 0.29) is 11.8 Å². The molecule has 0 spiro atoms. The number of carbonyl (C=O) groups is 1. The van der Waals surface area contributed by atoms with Gasteiger partial charge in [0.2, 0.25) is 5.91 Å². The van der Waals surface area contributed by atoms with E-state index < -0.39 is 0 Å². The molecule has 0 aromatic rings. The molecular weight excluding hydrogens is 220 g/mol. The summed E-state index contributed by atoms with van der Waals surface area (Å²) < 4.78 is 0. The van der Waals surface area contributed by atoms with Crippen LogP contribution in [0.1, 0.15) is 32.6 Å². The predicted octanol–water partition coefficient (Wildman–Crippen LogP) is 1.62. The zero-order valence-electron chi connectivity index (χ0n) is 10.4. The third-order valence-corrected chi connectivity index (χ3v) is 4.49. The molecular formula is C12H24N2OS. The molecule has 0 aliphatic heterocycles. The van der Waals surface area contributed by atoms with Crippen molar-refractivity contribution < 1.29 is 4.79 Å². The zero-order chi connectivity index (χ0) is 12.0. The van der Waals surface area contributed by atoms with Crippen LogP contribution in [-0.4, -0.2) is 30.5 Å². The van der Waals surface area contributed by atoms with Gasteiger partial charge in [-0.15, -0.1) is 0 Å². The Bertz CT molecular complexity index is 215. The molecule has 3 N–H and O–H groups in total. The number of thioether (sulfide) groups is 1. The molecule has 0 radical (unpaired) electrons. The summed E-state index contributed by atoms with van der Waals surface area (Å²) in [5.41, 5.74) is 5.64. The number of carbonyl (C=O) groups excluding carboxylic acids is 1. The van der Waals surface area contributed by atoms with Gasteiger partial charge in [0.1, 0.15) is 0 Å². The molecule has 1 rings (SSSR count). The molecule has 0 aromatic heterocycles. The highest BCUT2D eigenvalue weighted by atomic mass is 32.2. The van der Waals surface area contributed by atoms with Gasteiger partial charge in [0, 0.05) is 17.7 Å². The highest BCUT2D eigenvalue weighted by Crippen LogP contribution is 2.28. The first-order chi connectivity index (χ1) is 7.67. The van der Waals surface area contributed by atoms with Gasteiger partial charge < -0.3 is 11.1 Å². The topological polar surface area (TPSA) is 55.1 Å². The monoisotopic (exact) mass is 244 g/mol. The standard InChI is InChI=1S/C12H24N2OS/c1-9(16-2)8-14-12(15)11-5-3-10(7-13)4-6-11/h9-11H,3-8,13H2,1-2H3,(H,14,15). The number of nitrogens with one attached hydrogen (secondary N) is 1. The van der Waals surface area contributed by atoms with Crippen molar-refractivity contribution in [3.8, 4) is 0 Å². The highest BCUT2D eigenvalue weighted by molar-refractivity contribution is 7.99. The largest absolute Gasteiger partial charge is 0.355 e. The first-order valence-corrected chi connectivity index (χ1v) is 7.46. The van der Waals surface area contributed by atoms with Crippen molar-refractivity contribution in [2.75, 3.05) is 19.3 Å². The number of nitrogens with two attached hydrogens (primary N) is 1. The summed E-state index contributed by atoms with van der Waals surface area (Å²) in [5.74, 6) is 1.13. The summed E-state index contributed by atoms with van der Waals surface area (Å²) in [6.07, 6.45) is 6.34. The predicted molar refractivity (Wildman–Crippen MR) is 70.5 cm³/mol. The molecule has 16 heavy (non-hydrogen) atoms. The van der Waals surface area contributed by atoms with Gasteiger partial charge in [-0.1, -0.05) is 6.92 Å². The maximum Gasteiger partial charge on any atom is 0.223 e. The molecule has 1 atom stereocenters. The molecule has 0 bridgehead atoms. The van der Waals surface area contributed by atoms with E-state index >= 15 is 0 Å². The lowest BCUT2D eigenvalue weighted by Gasteiger charge is -2.27. The molecule has 1 saturated carbocycles. The van der Waals surface area contributed by atoms with Crippen LogP contribution in [0.3, 0.4) is 0 Å². The average molecular weight is 244 g/mol. The third-order valence-electron chi connectivity index (χ3n) is 3.52. The van der Waals surface area contributed by atoms with Crippen LogP contribution >= 0.6 is 11.8 Å². The Morgan fingerprint density at radius 2 is 2.06 bits per heavy atom. The van der Waals surface area contributed by atoms with Gasteiger partial charge >= 0.3 is 0 Å². The fourth-order valence-electron chi connectivity index (χ4n) is 2.13. The van der Waals surface area contributed by atoms with Gasteiger partial charge in [0.25, 0.3) is 0 Å². The quantitative estimate of drug-likeness (QED) is 0.772. The molecule has 3 nitrogen and oxygen atoms in total. The minimum Gasteiger partial charge on any atom is -0.355 e. The summed E-state index contributed by atoms with van der Waals surface area (Å²) in [5, 5.41) is 3.55. The van der Waals surface area contributed by atoms with Crippen LogP contribution in [0.25, 0.3) is 0 Å². The summed E-state index contributed by atoms with van der Waals surface area (Å²) in [6.45, 7) is 3.70. The second kappa shape index (κ2) is 7.17. The van der Waals surface area contributed by atoms with Crippen LogP contribution in [0, 0.1) is 11.8 Å². The van der Waals surface area contributed by atoms with Crippen molar-refractivity contribution in [3.05, 3.63) is 0 Å². The highest BCUT2D eigenvalue weighted by Gasteiger charge is 2.25. The summed E-state index contributed by atoms with van der Waals surface area (Å²) in [6, 6.07) is 0. The van der Waals surface area contributed by atoms with Crippen molar-refractivity contribution in [2.45, 2.75) is 37.9 Å². The van der Waals surface area contributed by atoms with E-state index in [4.69, 9.17) is 5.73 Å². The fourth-order valence-corrected chi connectivity index (χ4v) is 2.38. The summed E-state index contributed by atoms with van der Waals surface area (Å²) in [4.78, 5) is 11.9. The van der Waals surface area contributed by atoms with E-state index in [1.165, 1.54) is 0 Å². The van der Waals surface area contributed by atoms with Crippen LogP contribution in [-0.2, 0) is 4.79 Å². The molecule has 0 aromatic carbocycles. The van der Waals surface area contributed by atoms with Crippen molar-refractivity contribution in [3.63, 3.8) is 0 Å². The van der Waals surface area contributed by atoms with Crippen molar-refractivity contribution in [1.29, 1.82) is 0 Å². The van der Waals surface area contributed by atoms with Crippen LogP contribution in [0.15, 0.2) is 0 Å². The molecule has 0 heterocycles. The van der Waals surface area contributed by atoms with Gasteiger partial charge in [0.15, 0.2) is 0 Å². The molecule has 1 aliphatic rings. The number of hydrogen-bond donors (Lipinski definition) is 2. The third kappa shape index (κ3) is 4.34. The first kappa shape index (κ1) is 13.8. The van der Waals surface area contributed by atoms with Crippen molar-refractivity contribution in [2.24, 2.45) is 17.6 Å². The van der Waals surface area contributed by atoms with Gasteiger partial charge in [-0.3, -0.25) is 4.79 Å². The van der Waals surface area contributed by atoms with Gasteiger partial charge in [-0.05, 0) is 44.4 Å². The molecule has 0 saturated heterocycles. The van der Waals surface area contributed by atoms with Crippen LogP contribution < -0.4 is 11.1 Å². The average Bonchev–Trinajstić information content (AvgIpc) is 2.35. The normalized spacial score (nSPS) is 27.4. The van der Waals surface area contributed by atoms with Crippen LogP contribution in [0.4, 0.5) is 0 Å². The Morgan fingerprint density at radius 1 is 1.44 bits per heavy atom. The van der Waals surface area contributed by atoms with E-state index in [9.17, 15) is 4.79 Å².